The minimum atomic E-state index is -0.487. The van der Waals surface area contributed by atoms with Gasteiger partial charge >= 0.3 is 6.09 Å². The second-order valence-corrected chi connectivity index (χ2v) is 5.98. The second kappa shape index (κ2) is 11.0. The Morgan fingerprint density at radius 1 is 1.50 bits per heavy atom. The van der Waals surface area contributed by atoms with Crippen molar-refractivity contribution in [2.24, 2.45) is 10.9 Å². The van der Waals surface area contributed by atoms with E-state index in [-0.39, 0.29) is 17.4 Å². The summed E-state index contributed by atoms with van der Waals surface area (Å²) < 4.78 is 18.3. The van der Waals surface area contributed by atoms with Crippen molar-refractivity contribution in [3.8, 4) is 0 Å². The number of hydrogen-bond donors (Lipinski definition) is 1. The monoisotopic (exact) mass is 329 g/mol. The molecule has 0 saturated heterocycles. The number of amides is 1. The van der Waals surface area contributed by atoms with E-state index in [0.717, 1.165) is 18.0 Å². The third-order valence-corrected chi connectivity index (χ3v) is 3.49. The minimum Gasteiger partial charge on any atom is -0.449 e. The number of rotatable bonds is 7. The first kappa shape index (κ1) is 20.4. The largest absolute Gasteiger partial charge is 0.449 e. The van der Waals surface area contributed by atoms with Crippen molar-refractivity contribution >= 4 is 29.1 Å². The first-order valence-electron chi connectivity index (χ1n) is 6.91. The molecule has 0 unspecified atom stereocenters. The van der Waals surface area contributed by atoms with E-state index >= 15 is 0 Å². The van der Waals surface area contributed by atoms with Crippen LogP contribution < -0.4 is 0 Å². The van der Waals surface area contributed by atoms with Crippen molar-refractivity contribution in [1.82, 2.24) is 4.90 Å². The first-order chi connectivity index (χ1) is 10.3. The summed E-state index contributed by atoms with van der Waals surface area (Å²) in [6.07, 6.45) is 3.73. The van der Waals surface area contributed by atoms with Crippen LogP contribution in [0.2, 0.25) is 0 Å². The van der Waals surface area contributed by atoms with Crippen molar-refractivity contribution in [1.29, 1.82) is 5.41 Å². The number of hydrogen-bond acceptors (Lipinski definition) is 5. The maximum absolute atomic E-state index is 13.2. The molecule has 0 aromatic carbocycles. The second-order valence-electron chi connectivity index (χ2n) is 4.86. The topological polar surface area (TPSA) is 65.8 Å². The zero-order valence-corrected chi connectivity index (χ0v) is 14.5. The molecule has 0 aliphatic heterocycles. The fourth-order valence-electron chi connectivity index (χ4n) is 1.28. The Kier molecular flexibility index (Phi) is 10.2. The van der Waals surface area contributed by atoms with Crippen LogP contribution in [0.15, 0.2) is 28.0 Å². The molecule has 1 amide bonds. The highest BCUT2D eigenvalue weighted by atomic mass is 32.2. The number of thioether (sulfide) groups is 1. The van der Waals surface area contributed by atoms with Gasteiger partial charge in [-0.05, 0) is 18.9 Å². The molecule has 7 heteroatoms. The highest BCUT2D eigenvalue weighted by Gasteiger charge is 2.16. The number of nitrogens with one attached hydrogen (secondary N) is 1. The molecule has 0 spiro atoms. The summed E-state index contributed by atoms with van der Waals surface area (Å²) >= 11 is 1.09. The van der Waals surface area contributed by atoms with Crippen molar-refractivity contribution < 1.29 is 13.9 Å². The highest BCUT2D eigenvalue weighted by molar-refractivity contribution is 8.17. The van der Waals surface area contributed by atoms with Crippen LogP contribution in [0.3, 0.4) is 0 Å². The third kappa shape index (κ3) is 8.61. The van der Waals surface area contributed by atoms with Crippen LogP contribution in [-0.2, 0) is 4.74 Å². The zero-order valence-electron chi connectivity index (χ0n) is 13.7. The molecule has 0 aromatic heterocycles. The lowest BCUT2D eigenvalue weighted by Crippen LogP contribution is -2.27. The summed E-state index contributed by atoms with van der Waals surface area (Å²) in [5.41, 5.74) is 0. The lowest BCUT2D eigenvalue weighted by Gasteiger charge is -2.20. The van der Waals surface area contributed by atoms with Crippen LogP contribution >= 0.6 is 11.8 Å². The molecule has 0 bridgehead atoms. The van der Waals surface area contributed by atoms with Gasteiger partial charge in [0.25, 0.3) is 0 Å². The lowest BCUT2D eigenvalue weighted by atomic mass is 10.2. The van der Waals surface area contributed by atoms with E-state index in [9.17, 15) is 9.18 Å². The van der Waals surface area contributed by atoms with Crippen LogP contribution in [0.4, 0.5) is 9.18 Å². The number of halogens is 1. The van der Waals surface area contributed by atoms with Gasteiger partial charge in [-0.15, -0.1) is 0 Å². The molecule has 0 saturated carbocycles. The quantitative estimate of drug-likeness (QED) is 0.561. The minimum absolute atomic E-state index is 0.134. The van der Waals surface area contributed by atoms with E-state index in [0.29, 0.717) is 11.6 Å². The number of carbonyl (C=O) groups excluding carboxylic acids is 1. The predicted molar refractivity (Wildman–Crippen MR) is 91.2 cm³/mol. The predicted octanol–water partition coefficient (Wildman–Crippen LogP) is 4.23. The fraction of sp³-hybridized carbons (Fsp3) is 0.533. The van der Waals surface area contributed by atoms with Gasteiger partial charge in [-0.2, -0.15) is 0 Å². The Bertz CT molecular complexity index is 473. The number of ether oxygens (including phenoxy) is 1. The van der Waals surface area contributed by atoms with Gasteiger partial charge in [-0.25, -0.2) is 9.18 Å². The normalized spacial score (nSPS) is 12.9. The summed E-state index contributed by atoms with van der Waals surface area (Å²) in [7, 11) is 3.06. The van der Waals surface area contributed by atoms with Gasteiger partial charge in [-0.3, -0.25) is 15.3 Å². The number of aliphatic imine (C=N–C) groups is 1. The van der Waals surface area contributed by atoms with E-state index in [1.807, 2.05) is 13.8 Å². The molecular formula is C15H24FN3O2S. The van der Waals surface area contributed by atoms with Gasteiger partial charge < -0.3 is 4.74 Å². The van der Waals surface area contributed by atoms with E-state index in [4.69, 9.17) is 10.1 Å². The summed E-state index contributed by atoms with van der Waals surface area (Å²) in [5.74, 6) is -0.231. The number of allylic oxidation sites excluding steroid dienone is 3. The maximum atomic E-state index is 13.2. The molecule has 1 N–H and O–H groups in total. The van der Waals surface area contributed by atoms with Crippen molar-refractivity contribution in [3.63, 3.8) is 0 Å². The van der Waals surface area contributed by atoms with Crippen LogP contribution in [0, 0.1) is 11.3 Å². The van der Waals surface area contributed by atoms with Gasteiger partial charge in [0.1, 0.15) is 5.83 Å². The zero-order chi connectivity index (χ0) is 17.1. The molecule has 0 fully saturated rings. The molecule has 124 valence electrons. The van der Waals surface area contributed by atoms with Gasteiger partial charge in [-0.1, -0.05) is 31.7 Å². The first-order valence-corrected chi connectivity index (χ1v) is 7.73. The maximum Gasteiger partial charge on any atom is 0.414 e. The van der Waals surface area contributed by atoms with Gasteiger partial charge in [0.15, 0.2) is 0 Å². The van der Waals surface area contributed by atoms with Crippen LogP contribution in [0.1, 0.15) is 27.2 Å². The summed E-state index contributed by atoms with van der Waals surface area (Å²) in [6.45, 7) is 6.01. The Morgan fingerprint density at radius 3 is 2.64 bits per heavy atom. The molecule has 22 heavy (non-hydrogen) atoms. The highest BCUT2D eigenvalue weighted by Crippen LogP contribution is 2.23. The summed E-state index contributed by atoms with van der Waals surface area (Å²) in [4.78, 5) is 16.8. The van der Waals surface area contributed by atoms with Gasteiger partial charge in [0.2, 0.25) is 0 Å². The standard InChI is InChI=1S/C15H24FN3O2S/c1-6-14(19(5)15(20)21-10-11(2)3)22-13(17)8-7-12(16)9-18-4/h6-7,9,11,17H,8,10H2,1-5H3/b12-7+,14-6+,17-13?,18-9-. The average molecular weight is 329 g/mol. The number of nitrogens with zero attached hydrogens (tertiary/aromatic N) is 2. The Labute approximate surface area is 135 Å². The van der Waals surface area contributed by atoms with Crippen molar-refractivity contribution in [2.75, 3.05) is 20.7 Å². The molecule has 0 aliphatic carbocycles. The summed E-state index contributed by atoms with van der Waals surface area (Å²) in [5, 5.41) is 8.63. The van der Waals surface area contributed by atoms with Crippen molar-refractivity contribution in [2.45, 2.75) is 27.2 Å². The van der Waals surface area contributed by atoms with Gasteiger partial charge in [0, 0.05) is 20.5 Å². The van der Waals surface area contributed by atoms with E-state index in [1.165, 1.54) is 18.0 Å². The third-order valence-electron chi connectivity index (χ3n) is 2.35. The van der Waals surface area contributed by atoms with E-state index in [1.54, 1.807) is 20.0 Å². The van der Waals surface area contributed by atoms with Crippen LogP contribution in [-0.4, -0.2) is 43.0 Å². The smallest absolute Gasteiger partial charge is 0.414 e. The molecule has 0 rings (SSSR count). The van der Waals surface area contributed by atoms with Gasteiger partial charge in [0.05, 0.1) is 22.9 Å². The van der Waals surface area contributed by atoms with Crippen LogP contribution in [0.25, 0.3) is 0 Å². The van der Waals surface area contributed by atoms with Crippen molar-refractivity contribution in [3.05, 3.63) is 23.0 Å². The molecule has 0 atom stereocenters. The molecule has 0 heterocycles. The Morgan fingerprint density at radius 2 is 2.14 bits per heavy atom. The Hall–Kier alpha value is -1.63. The van der Waals surface area contributed by atoms with Crippen LogP contribution in [0.5, 0.6) is 0 Å². The number of carbonyl (C=O) groups is 1. The molecule has 0 radical (unpaired) electrons. The fourth-order valence-corrected chi connectivity index (χ4v) is 2.03. The Balaban J connectivity index is 4.56. The molecule has 0 aromatic rings. The lowest BCUT2D eigenvalue weighted by molar-refractivity contribution is 0.110. The van der Waals surface area contributed by atoms with E-state index < -0.39 is 11.9 Å². The molecule has 5 nitrogen and oxygen atoms in total. The van der Waals surface area contributed by atoms with E-state index in [2.05, 4.69) is 4.99 Å². The molecule has 0 aliphatic rings. The molecular weight excluding hydrogens is 305 g/mol. The summed E-state index contributed by atoms with van der Waals surface area (Å²) in [6, 6.07) is 0. The SMILES string of the molecule is C/C=C(/SC(=N)C/C=C(F)\C=N/C)N(C)C(=O)OCC(C)C. The average Bonchev–Trinajstić information content (AvgIpc) is 2.47.